The first-order chi connectivity index (χ1) is 16.2. The normalized spacial score (nSPS) is 15.0. The number of nitrogens with one attached hydrogen (secondary N) is 1. The molecule has 0 saturated heterocycles. The third-order valence-corrected chi connectivity index (χ3v) is 7.43. The second kappa shape index (κ2) is 9.95. The van der Waals surface area contributed by atoms with Gasteiger partial charge in [0.15, 0.2) is 11.5 Å². The number of hydrogen-bond donors (Lipinski definition) is 1. The third kappa shape index (κ3) is 5.29. The molecular formula is C25H25ClN2O5S. The number of fused-ring (bicyclic) bond motifs is 1. The molecule has 3 aromatic carbocycles. The Bertz CT molecular complexity index is 1290. The van der Waals surface area contributed by atoms with Gasteiger partial charge in [0.1, 0.15) is 19.3 Å². The van der Waals surface area contributed by atoms with Crippen molar-refractivity contribution in [3.63, 3.8) is 0 Å². The molecule has 1 amide bonds. The lowest BCUT2D eigenvalue weighted by molar-refractivity contribution is -0.120. The van der Waals surface area contributed by atoms with Crippen molar-refractivity contribution in [1.82, 2.24) is 5.32 Å². The van der Waals surface area contributed by atoms with Crippen LogP contribution < -0.4 is 19.1 Å². The first-order valence-electron chi connectivity index (χ1n) is 10.7. The van der Waals surface area contributed by atoms with Crippen LogP contribution in [0.25, 0.3) is 0 Å². The van der Waals surface area contributed by atoms with E-state index in [0.717, 1.165) is 9.87 Å². The molecule has 0 aliphatic carbocycles. The number of hydrogen-bond acceptors (Lipinski definition) is 5. The summed E-state index contributed by atoms with van der Waals surface area (Å²) >= 11 is 6.07. The molecule has 3 aromatic rings. The molecule has 0 fully saturated rings. The zero-order valence-electron chi connectivity index (χ0n) is 18.8. The molecule has 0 spiro atoms. The molecule has 1 atom stereocenters. The van der Waals surface area contributed by atoms with E-state index in [1.807, 2.05) is 25.1 Å². The smallest absolute Gasteiger partial charge is 0.264 e. The van der Waals surface area contributed by atoms with Crippen molar-refractivity contribution in [1.29, 1.82) is 0 Å². The zero-order valence-corrected chi connectivity index (χ0v) is 20.4. The van der Waals surface area contributed by atoms with Crippen LogP contribution in [-0.4, -0.2) is 40.1 Å². The minimum atomic E-state index is -4.01. The summed E-state index contributed by atoms with van der Waals surface area (Å²) in [4.78, 5) is 13.0. The average molecular weight is 501 g/mol. The molecule has 1 heterocycles. The fraction of sp³-hybridized carbons (Fsp3) is 0.240. The van der Waals surface area contributed by atoms with Crippen molar-refractivity contribution >= 4 is 33.2 Å². The van der Waals surface area contributed by atoms with Gasteiger partial charge in [-0.15, -0.1) is 0 Å². The highest BCUT2D eigenvalue weighted by molar-refractivity contribution is 7.92. The van der Waals surface area contributed by atoms with E-state index in [9.17, 15) is 13.2 Å². The minimum absolute atomic E-state index is 0.0980. The monoisotopic (exact) mass is 500 g/mol. The fourth-order valence-corrected chi connectivity index (χ4v) is 5.33. The Labute approximate surface area is 204 Å². The van der Waals surface area contributed by atoms with Gasteiger partial charge < -0.3 is 14.8 Å². The van der Waals surface area contributed by atoms with Gasteiger partial charge in [-0.1, -0.05) is 41.4 Å². The standard InChI is InChI=1S/C25H25ClN2O5S/c1-17-7-10-21(11-8-17)34(30,31)28(22-12-9-19(26)13-18(22)2)15-25(29)27-14-20-16-32-23-5-3-4-6-24(23)33-20/h3-13,20H,14-16H2,1-2H3,(H,27,29). The predicted molar refractivity (Wildman–Crippen MR) is 131 cm³/mol. The molecule has 0 aromatic heterocycles. The van der Waals surface area contributed by atoms with Gasteiger partial charge in [0, 0.05) is 5.02 Å². The molecule has 9 heteroatoms. The highest BCUT2D eigenvalue weighted by Crippen LogP contribution is 2.31. The van der Waals surface area contributed by atoms with E-state index in [-0.39, 0.29) is 18.0 Å². The lowest BCUT2D eigenvalue weighted by Crippen LogP contribution is -2.45. The molecule has 0 bridgehead atoms. The van der Waals surface area contributed by atoms with Crippen molar-refractivity contribution in [3.8, 4) is 11.5 Å². The summed E-state index contributed by atoms with van der Waals surface area (Å²) in [5.74, 6) is 0.791. The van der Waals surface area contributed by atoms with E-state index in [1.54, 1.807) is 43.3 Å². The summed E-state index contributed by atoms with van der Waals surface area (Å²) < 4.78 is 39.7. The minimum Gasteiger partial charge on any atom is -0.486 e. The lowest BCUT2D eigenvalue weighted by atomic mass is 10.2. The number of aryl methyl sites for hydroxylation is 2. The molecule has 1 unspecified atom stereocenters. The molecule has 34 heavy (non-hydrogen) atoms. The van der Waals surface area contributed by atoms with Gasteiger partial charge in [0.2, 0.25) is 5.91 Å². The number of benzene rings is 3. The van der Waals surface area contributed by atoms with Crippen molar-refractivity contribution < 1.29 is 22.7 Å². The van der Waals surface area contributed by atoms with Crippen molar-refractivity contribution in [3.05, 3.63) is 82.9 Å². The maximum Gasteiger partial charge on any atom is 0.264 e. The number of rotatable bonds is 7. The lowest BCUT2D eigenvalue weighted by Gasteiger charge is -2.28. The fourth-order valence-electron chi connectivity index (χ4n) is 3.61. The van der Waals surface area contributed by atoms with Gasteiger partial charge in [-0.3, -0.25) is 9.10 Å². The van der Waals surface area contributed by atoms with Crippen LogP contribution in [-0.2, 0) is 14.8 Å². The summed E-state index contributed by atoms with van der Waals surface area (Å²) in [7, 11) is -4.01. The third-order valence-electron chi connectivity index (χ3n) is 5.42. The zero-order chi connectivity index (χ0) is 24.3. The molecule has 1 aliphatic heterocycles. The second-order valence-electron chi connectivity index (χ2n) is 8.06. The Hall–Kier alpha value is -3.23. The number of carbonyl (C=O) groups excluding carboxylic acids is 1. The van der Waals surface area contributed by atoms with Crippen molar-refractivity contribution in [2.75, 3.05) is 24.0 Å². The van der Waals surface area contributed by atoms with Crippen LogP contribution in [0.15, 0.2) is 71.6 Å². The number of nitrogens with zero attached hydrogens (tertiary/aromatic N) is 1. The number of amides is 1. The summed E-state index contributed by atoms with van der Waals surface area (Å²) in [6.07, 6.45) is -0.390. The molecule has 0 radical (unpaired) electrons. The largest absolute Gasteiger partial charge is 0.486 e. The van der Waals surface area contributed by atoms with Gasteiger partial charge in [-0.2, -0.15) is 0 Å². The van der Waals surface area contributed by atoms with Crippen molar-refractivity contribution in [2.45, 2.75) is 24.8 Å². The van der Waals surface area contributed by atoms with Crippen LogP contribution in [0.1, 0.15) is 11.1 Å². The molecule has 178 valence electrons. The van der Waals surface area contributed by atoms with E-state index in [0.29, 0.717) is 27.8 Å². The molecule has 0 saturated carbocycles. The Kier molecular flexibility index (Phi) is 7.00. The first kappa shape index (κ1) is 23.9. The predicted octanol–water partition coefficient (Wildman–Crippen LogP) is 4.11. The topological polar surface area (TPSA) is 84.9 Å². The van der Waals surface area contributed by atoms with Crippen LogP contribution in [0, 0.1) is 13.8 Å². The molecule has 7 nitrogen and oxygen atoms in total. The highest BCUT2D eigenvalue weighted by Gasteiger charge is 2.29. The Balaban J connectivity index is 1.52. The van der Waals surface area contributed by atoms with Gasteiger partial charge in [0.25, 0.3) is 10.0 Å². The van der Waals surface area contributed by atoms with Gasteiger partial charge >= 0.3 is 0 Å². The number of sulfonamides is 1. The van der Waals surface area contributed by atoms with E-state index in [1.165, 1.54) is 12.1 Å². The maximum absolute atomic E-state index is 13.5. The molecule has 4 rings (SSSR count). The number of carbonyl (C=O) groups is 1. The molecule has 1 N–H and O–H groups in total. The van der Waals surface area contributed by atoms with E-state index in [2.05, 4.69) is 5.32 Å². The van der Waals surface area contributed by atoms with Gasteiger partial charge in [0.05, 0.1) is 17.1 Å². The Morgan fingerprint density at radius 3 is 2.47 bits per heavy atom. The second-order valence-corrected chi connectivity index (χ2v) is 10.4. The quantitative estimate of drug-likeness (QED) is 0.527. The summed E-state index contributed by atoms with van der Waals surface area (Å²) in [6.45, 7) is 3.68. The summed E-state index contributed by atoms with van der Waals surface area (Å²) in [6, 6.07) is 18.7. The van der Waals surface area contributed by atoms with Crippen LogP contribution in [0.2, 0.25) is 5.02 Å². The Morgan fingerprint density at radius 2 is 1.76 bits per heavy atom. The highest BCUT2D eigenvalue weighted by atomic mass is 35.5. The van der Waals surface area contributed by atoms with Crippen molar-refractivity contribution in [2.24, 2.45) is 0 Å². The Morgan fingerprint density at radius 1 is 1.06 bits per heavy atom. The SMILES string of the molecule is Cc1ccc(S(=O)(=O)N(CC(=O)NCC2COc3ccccc3O2)c2ccc(Cl)cc2C)cc1. The van der Waals surface area contributed by atoms with Gasteiger partial charge in [-0.05, 0) is 61.9 Å². The number of para-hydroxylation sites is 2. The summed E-state index contributed by atoms with van der Waals surface area (Å²) in [5, 5.41) is 3.25. The van der Waals surface area contributed by atoms with Gasteiger partial charge in [-0.25, -0.2) is 8.42 Å². The number of anilines is 1. The van der Waals surface area contributed by atoms with Crippen LogP contribution in [0.3, 0.4) is 0 Å². The first-order valence-corrected chi connectivity index (χ1v) is 12.6. The number of halogens is 1. The van der Waals surface area contributed by atoms with Crippen LogP contribution in [0.4, 0.5) is 5.69 Å². The van der Waals surface area contributed by atoms with Crippen LogP contribution >= 0.6 is 11.6 Å². The summed E-state index contributed by atoms with van der Waals surface area (Å²) in [5.41, 5.74) is 1.95. The van der Waals surface area contributed by atoms with E-state index < -0.39 is 28.6 Å². The van der Waals surface area contributed by atoms with E-state index in [4.69, 9.17) is 21.1 Å². The molecule has 1 aliphatic rings. The molecular weight excluding hydrogens is 476 g/mol. The number of ether oxygens (including phenoxy) is 2. The average Bonchev–Trinajstić information content (AvgIpc) is 2.82. The van der Waals surface area contributed by atoms with Crippen LogP contribution in [0.5, 0.6) is 11.5 Å². The maximum atomic E-state index is 13.5. The van der Waals surface area contributed by atoms with E-state index >= 15 is 0 Å².